The van der Waals surface area contributed by atoms with Crippen molar-refractivity contribution in [3.8, 4) is 0 Å². The van der Waals surface area contributed by atoms with E-state index in [2.05, 4.69) is 10.1 Å². The smallest absolute Gasteiger partial charge is 0.294 e. The van der Waals surface area contributed by atoms with Crippen molar-refractivity contribution in [3.63, 3.8) is 0 Å². The average molecular weight is 147 g/mol. The largest absolute Gasteiger partial charge is 0.307 e. The standard InChI is InChI=1S/C3H5N3O4/c7-4-5-1-3(2-5)10-6(8)9/h3H,1-2H2. The predicted molar refractivity (Wildman–Crippen MR) is 29.2 cm³/mol. The zero-order chi connectivity index (χ0) is 7.56. The number of nitroso groups, excluding NO2 is 1. The molecule has 1 aliphatic rings. The summed E-state index contributed by atoms with van der Waals surface area (Å²) in [5.41, 5.74) is 0. The van der Waals surface area contributed by atoms with Crippen molar-refractivity contribution >= 4 is 0 Å². The molecule has 1 saturated heterocycles. The number of hydrogen-bond acceptors (Lipinski definition) is 5. The molecule has 1 fully saturated rings. The van der Waals surface area contributed by atoms with Crippen LogP contribution in [0.1, 0.15) is 0 Å². The highest BCUT2D eigenvalue weighted by atomic mass is 17.0. The van der Waals surface area contributed by atoms with Crippen LogP contribution >= 0.6 is 0 Å². The van der Waals surface area contributed by atoms with Gasteiger partial charge in [-0.05, 0) is 0 Å². The quantitative estimate of drug-likeness (QED) is 0.307. The lowest BCUT2D eigenvalue weighted by atomic mass is 10.2. The molecule has 0 aromatic heterocycles. The van der Waals surface area contributed by atoms with Gasteiger partial charge in [-0.3, -0.25) is 5.01 Å². The van der Waals surface area contributed by atoms with Crippen LogP contribution in [-0.4, -0.2) is 29.3 Å². The van der Waals surface area contributed by atoms with Crippen molar-refractivity contribution < 1.29 is 9.92 Å². The molecule has 0 saturated carbocycles. The van der Waals surface area contributed by atoms with Gasteiger partial charge in [-0.25, -0.2) is 0 Å². The summed E-state index contributed by atoms with van der Waals surface area (Å²) in [5, 5.41) is 12.5. The van der Waals surface area contributed by atoms with Crippen LogP contribution in [0, 0.1) is 15.0 Å². The lowest BCUT2D eigenvalue weighted by Gasteiger charge is -2.31. The fourth-order valence-corrected chi connectivity index (χ4v) is 0.672. The van der Waals surface area contributed by atoms with Gasteiger partial charge in [-0.15, -0.1) is 15.0 Å². The van der Waals surface area contributed by atoms with E-state index in [1.807, 2.05) is 0 Å². The van der Waals surface area contributed by atoms with Gasteiger partial charge in [-0.1, -0.05) is 0 Å². The molecule has 7 heteroatoms. The summed E-state index contributed by atoms with van der Waals surface area (Å²) in [6.07, 6.45) is -0.479. The molecule has 1 heterocycles. The highest BCUT2D eigenvalue weighted by molar-refractivity contribution is 4.75. The Morgan fingerprint density at radius 1 is 1.70 bits per heavy atom. The minimum atomic E-state index is -0.868. The SMILES string of the molecule is O=NN1CC(O[N+](=O)[O-])C1. The van der Waals surface area contributed by atoms with Crippen molar-refractivity contribution in [1.29, 1.82) is 0 Å². The van der Waals surface area contributed by atoms with Crippen molar-refractivity contribution in [2.75, 3.05) is 13.1 Å². The van der Waals surface area contributed by atoms with Gasteiger partial charge in [0.1, 0.15) is 6.10 Å². The molecule has 0 aromatic rings. The third kappa shape index (κ3) is 1.30. The molecule has 0 radical (unpaired) electrons. The summed E-state index contributed by atoms with van der Waals surface area (Å²) in [5.74, 6) is 0. The summed E-state index contributed by atoms with van der Waals surface area (Å²) in [6, 6.07) is 0. The third-order valence-electron chi connectivity index (χ3n) is 1.18. The van der Waals surface area contributed by atoms with E-state index in [0.717, 1.165) is 5.01 Å². The van der Waals surface area contributed by atoms with Crippen LogP contribution in [0.5, 0.6) is 0 Å². The van der Waals surface area contributed by atoms with Crippen molar-refractivity contribution in [2.24, 2.45) is 5.29 Å². The number of rotatable bonds is 3. The van der Waals surface area contributed by atoms with Crippen LogP contribution < -0.4 is 0 Å². The molecular weight excluding hydrogens is 142 g/mol. The molecule has 0 spiro atoms. The minimum absolute atomic E-state index is 0.213. The van der Waals surface area contributed by atoms with E-state index < -0.39 is 11.2 Å². The average Bonchev–Trinajstić information content (AvgIpc) is 1.76. The molecule has 0 aliphatic carbocycles. The van der Waals surface area contributed by atoms with Gasteiger partial charge in [0, 0.05) is 0 Å². The van der Waals surface area contributed by atoms with E-state index >= 15 is 0 Å². The first-order chi connectivity index (χ1) is 4.72. The minimum Gasteiger partial charge on any atom is -0.307 e. The van der Waals surface area contributed by atoms with Gasteiger partial charge in [0.2, 0.25) is 0 Å². The Kier molecular flexibility index (Phi) is 1.65. The highest BCUT2D eigenvalue weighted by Crippen LogP contribution is 2.10. The number of nitrogens with zero attached hydrogens (tertiary/aromatic N) is 3. The second-order valence-electron chi connectivity index (χ2n) is 1.90. The molecule has 0 atom stereocenters. The molecule has 1 aliphatic heterocycles. The molecule has 0 N–H and O–H groups in total. The first kappa shape index (κ1) is 6.72. The summed E-state index contributed by atoms with van der Waals surface area (Å²) in [7, 11) is 0. The van der Waals surface area contributed by atoms with Crippen LogP contribution in [0.2, 0.25) is 0 Å². The first-order valence-corrected chi connectivity index (χ1v) is 2.61. The zero-order valence-corrected chi connectivity index (χ0v) is 4.97. The molecule has 1 rings (SSSR count). The van der Waals surface area contributed by atoms with Gasteiger partial charge in [0.25, 0.3) is 5.09 Å². The van der Waals surface area contributed by atoms with E-state index in [0.29, 0.717) is 0 Å². The second kappa shape index (κ2) is 2.46. The molecule has 7 nitrogen and oxygen atoms in total. The van der Waals surface area contributed by atoms with E-state index in [-0.39, 0.29) is 13.1 Å². The third-order valence-corrected chi connectivity index (χ3v) is 1.18. The fraction of sp³-hybridized carbons (Fsp3) is 1.00. The van der Waals surface area contributed by atoms with Gasteiger partial charge in [-0.2, -0.15) is 0 Å². The zero-order valence-electron chi connectivity index (χ0n) is 4.97. The predicted octanol–water partition coefficient (Wildman–Crippen LogP) is -0.440. The van der Waals surface area contributed by atoms with Crippen molar-refractivity contribution in [3.05, 3.63) is 15.0 Å². The Morgan fingerprint density at radius 2 is 2.30 bits per heavy atom. The Morgan fingerprint density at radius 3 is 2.70 bits per heavy atom. The van der Waals surface area contributed by atoms with Crippen LogP contribution in [-0.2, 0) is 4.84 Å². The fourth-order valence-electron chi connectivity index (χ4n) is 0.672. The van der Waals surface area contributed by atoms with Crippen LogP contribution in [0.3, 0.4) is 0 Å². The Balaban J connectivity index is 2.14. The Bertz CT molecular complexity index is 154. The van der Waals surface area contributed by atoms with Gasteiger partial charge in [0.05, 0.1) is 18.4 Å². The van der Waals surface area contributed by atoms with E-state index in [9.17, 15) is 15.0 Å². The maximum atomic E-state index is 9.67. The first-order valence-electron chi connectivity index (χ1n) is 2.61. The van der Waals surface area contributed by atoms with Crippen LogP contribution in [0.4, 0.5) is 0 Å². The molecule has 0 unspecified atom stereocenters. The van der Waals surface area contributed by atoms with E-state index in [4.69, 9.17) is 0 Å². The molecule has 0 bridgehead atoms. The molecule has 0 aromatic carbocycles. The normalized spacial score (nSPS) is 17.8. The second-order valence-corrected chi connectivity index (χ2v) is 1.90. The summed E-state index contributed by atoms with van der Waals surface area (Å²) in [6.45, 7) is 0.426. The van der Waals surface area contributed by atoms with Gasteiger partial charge >= 0.3 is 0 Å². The maximum Gasteiger partial charge on any atom is 0.294 e. The topological polar surface area (TPSA) is 85.0 Å². The van der Waals surface area contributed by atoms with E-state index in [1.165, 1.54) is 0 Å². The van der Waals surface area contributed by atoms with E-state index in [1.54, 1.807) is 0 Å². The van der Waals surface area contributed by atoms with Crippen molar-refractivity contribution in [1.82, 2.24) is 5.01 Å². The Hall–Kier alpha value is -1.40. The monoisotopic (exact) mass is 147 g/mol. The molecule has 56 valence electrons. The molecule has 0 amide bonds. The highest BCUT2D eigenvalue weighted by Gasteiger charge is 2.29. The Labute approximate surface area is 55.6 Å². The van der Waals surface area contributed by atoms with Gasteiger partial charge < -0.3 is 4.84 Å². The summed E-state index contributed by atoms with van der Waals surface area (Å²) >= 11 is 0. The van der Waals surface area contributed by atoms with Gasteiger partial charge in [0.15, 0.2) is 0 Å². The van der Waals surface area contributed by atoms with Crippen LogP contribution in [0.25, 0.3) is 0 Å². The lowest BCUT2D eigenvalue weighted by Crippen LogP contribution is -2.49. The number of hydrogen-bond donors (Lipinski definition) is 0. The summed E-state index contributed by atoms with van der Waals surface area (Å²) in [4.78, 5) is 23.4. The maximum absolute atomic E-state index is 9.67. The molecule has 10 heavy (non-hydrogen) atoms. The summed E-state index contributed by atoms with van der Waals surface area (Å²) < 4.78 is 0. The molecular formula is C3H5N3O4. The van der Waals surface area contributed by atoms with Crippen LogP contribution in [0.15, 0.2) is 5.29 Å². The lowest BCUT2D eigenvalue weighted by molar-refractivity contribution is -0.771. The van der Waals surface area contributed by atoms with Crippen molar-refractivity contribution in [2.45, 2.75) is 6.10 Å².